The molecular weight excluding hydrogens is 323 g/mol. The van der Waals surface area contributed by atoms with Crippen molar-refractivity contribution in [2.24, 2.45) is 5.92 Å². The molecule has 0 spiro atoms. The van der Waals surface area contributed by atoms with Gasteiger partial charge in [0, 0.05) is 18.6 Å². The zero-order valence-electron chi connectivity index (χ0n) is 14.1. The molecule has 1 aromatic heterocycles. The number of likely N-dealkylation sites (tertiary alicyclic amines) is 1. The second-order valence-electron chi connectivity index (χ2n) is 6.87. The molecule has 25 heavy (non-hydrogen) atoms. The topological polar surface area (TPSA) is 58.7 Å². The van der Waals surface area contributed by atoms with Gasteiger partial charge in [0.1, 0.15) is 5.82 Å². The molecule has 3 heterocycles. The first kappa shape index (κ1) is 16.7. The van der Waals surface area contributed by atoms with Gasteiger partial charge in [0.2, 0.25) is 5.89 Å². The Balaban J connectivity index is 1.47. The second-order valence-corrected chi connectivity index (χ2v) is 6.87. The normalized spacial score (nSPS) is 27.7. The van der Waals surface area contributed by atoms with Gasteiger partial charge >= 0.3 is 0 Å². The first-order valence-corrected chi connectivity index (χ1v) is 8.92. The summed E-state index contributed by atoms with van der Waals surface area (Å²) in [5.41, 5.74) is 0.426. The summed E-state index contributed by atoms with van der Waals surface area (Å²) in [6.45, 7) is 2.76. The van der Waals surface area contributed by atoms with Crippen LogP contribution < -0.4 is 0 Å². The lowest BCUT2D eigenvalue weighted by molar-refractivity contribution is -0.0643. The average Bonchev–Trinajstić information content (AvgIpc) is 3.26. The molecule has 2 saturated heterocycles. The number of nitrogens with zero attached hydrogens (tertiary/aromatic N) is 2. The van der Waals surface area contributed by atoms with Crippen molar-refractivity contribution in [3.05, 3.63) is 42.2 Å². The molecule has 2 fully saturated rings. The van der Waals surface area contributed by atoms with Crippen molar-refractivity contribution < 1.29 is 18.7 Å². The van der Waals surface area contributed by atoms with Crippen LogP contribution in [-0.2, 0) is 11.3 Å². The Hall–Kier alpha value is -1.76. The van der Waals surface area contributed by atoms with Crippen molar-refractivity contribution in [2.45, 2.75) is 38.0 Å². The maximum Gasteiger partial charge on any atom is 0.209 e. The zero-order valence-corrected chi connectivity index (χ0v) is 14.1. The number of halogens is 1. The Morgan fingerprint density at radius 1 is 1.28 bits per heavy atom. The fourth-order valence-corrected chi connectivity index (χ4v) is 3.99. The van der Waals surface area contributed by atoms with E-state index >= 15 is 0 Å². The van der Waals surface area contributed by atoms with Crippen molar-refractivity contribution in [2.75, 3.05) is 19.8 Å². The van der Waals surface area contributed by atoms with E-state index in [1.165, 1.54) is 6.07 Å². The van der Waals surface area contributed by atoms with E-state index in [-0.39, 0.29) is 23.9 Å². The minimum absolute atomic E-state index is 0.136. The van der Waals surface area contributed by atoms with Crippen molar-refractivity contribution in [1.29, 1.82) is 0 Å². The van der Waals surface area contributed by atoms with E-state index < -0.39 is 0 Å². The number of oxazole rings is 1. The molecule has 0 amide bonds. The summed E-state index contributed by atoms with van der Waals surface area (Å²) in [6, 6.07) is 6.82. The van der Waals surface area contributed by atoms with E-state index in [0.29, 0.717) is 43.4 Å². The maximum atomic E-state index is 13.9. The van der Waals surface area contributed by atoms with E-state index in [9.17, 15) is 9.50 Å². The SMILES string of the molecule is O[C@@H]1CCOC[C@@H]1[C@@H]1CCCN1Cc1ncc(-c2ccccc2F)o1. The van der Waals surface area contributed by atoms with E-state index in [0.717, 1.165) is 19.4 Å². The van der Waals surface area contributed by atoms with Crippen LogP contribution in [0.1, 0.15) is 25.2 Å². The summed E-state index contributed by atoms with van der Waals surface area (Å²) in [4.78, 5) is 6.63. The van der Waals surface area contributed by atoms with Gasteiger partial charge in [-0.15, -0.1) is 0 Å². The highest BCUT2D eigenvalue weighted by atomic mass is 19.1. The van der Waals surface area contributed by atoms with Crippen LogP contribution in [0.3, 0.4) is 0 Å². The molecule has 2 aliphatic rings. The molecule has 0 saturated carbocycles. The first-order chi connectivity index (χ1) is 12.2. The predicted octanol–water partition coefficient (Wildman–Crippen LogP) is 2.84. The van der Waals surface area contributed by atoms with Gasteiger partial charge in [-0.1, -0.05) is 12.1 Å². The largest absolute Gasteiger partial charge is 0.439 e. The lowest BCUT2D eigenvalue weighted by atomic mass is 9.89. The van der Waals surface area contributed by atoms with Gasteiger partial charge in [0.15, 0.2) is 5.76 Å². The molecule has 134 valence electrons. The van der Waals surface area contributed by atoms with Crippen LogP contribution in [0, 0.1) is 11.7 Å². The van der Waals surface area contributed by atoms with Gasteiger partial charge in [0.25, 0.3) is 0 Å². The van der Waals surface area contributed by atoms with Crippen LogP contribution in [0.5, 0.6) is 0 Å². The molecule has 1 N–H and O–H groups in total. The summed E-state index contributed by atoms with van der Waals surface area (Å²) in [7, 11) is 0. The molecule has 2 aromatic rings. The van der Waals surface area contributed by atoms with Crippen LogP contribution in [0.2, 0.25) is 0 Å². The van der Waals surface area contributed by atoms with Crippen LogP contribution in [-0.4, -0.2) is 46.9 Å². The second kappa shape index (κ2) is 7.23. The van der Waals surface area contributed by atoms with Gasteiger partial charge in [-0.3, -0.25) is 4.90 Å². The number of aliphatic hydroxyl groups is 1. The van der Waals surface area contributed by atoms with Crippen molar-refractivity contribution in [1.82, 2.24) is 9.88 Å². The number of aliphatic hydroxyl groups excluding tert-OH is 1. The van der Waals surface area contributed by atoms with Crippen molar-refractivity contribution in [3.8, 4) is 11.3 Å². The van der Waals surface area contributed by atoms with Crippen molar-refractivity contribution >= 4 is 0 Å². The van der Waals surface area contributed by atoms with Gasteiger partial charge < -0.3 is 14.3 Å². The molecule has 3 atom stereocenters. The van der Waals surface area contributed by atoms with Gasteiger partial charge in [-0.25, -0.2) is 9.37 Å². The summed E-state index contributed by atoms with van der Waals surface area (Å²) in [5, 5.41) is 10.3. The van der Waals surface area contributed by atoms with Gasteiger partial charge in [-0.05, 0) is 37.9 Å². The van der Waals surface area contributed by atoms with Crippen LogP contribution in [0.25, 0.3) is 11.3 Å². The number of hydrogen-bond donors (Lipinski definition) is 1. The number of ether oxygens (including phenoxy) is 1. The summed E-state index contributed by atoms with van der Waals surface area (Å²) in [6.07, 6.45) is 4.11. The fourth-order valence-electron chi connectivity index (χ4n) is 3.99. The minimum atomic E-state index is -0.313. The number of hydrogen-bond acceptors (Lipinski definition) is 5. The first-order valence-electron chi connectivity index (χ1n) is 8.92. The van der Waals surface area contributed by atoms with E-state index in [2.05, 4.69) is 9.88 Å². The Bertz CT molecular complexity index is 720. The third-order valence-corrected chi connectivity index (χ3v) is 5.30. The highest BCUT2D eigenvalue weighted by molar-refractivity contribution is 5.56. The lowest BCUT2D eigenvalue weighted by Gasteiger charge is -2.36. The fraction of sp³-hybridized carbons (Fsp3) is 0.526. The van der Waals surface area contributed by atoms with Crippen LogP contribution >= 0.6 is 0 Å². The molecule has 1 aromatic carbocycles. The Morgan fingerprint density at radius 2 is 2.16 bits per heavy atom. The number of rotatable bonds is 4. The third-order valence-electron chi connectivity index (χ3n) is 5.30. The van der Waals surface area contributed by atoms with Gasteiger partial charge in [0.05, 0.1) is 31.0 Å². The average molecular weight is 346 g/mol. The van der Waals surface area contributed by atoms with Crippen LogP contribution in [0.4, 0.5) is 4.39 Å². The van der Waals surface area contributed by atoms with Crippen LogP contribution in [0.15, 0.2) is 34.9 Å². The standard InChI is InChI=1S/C19H23FN2O3/c20-15-5-2-1-4-13(15)18-10-21-19(25-18)11-22-8-3-6-16(22)14-12-24-9-7-17(14)23/h1-2,4-5,10,14,16-17,23H,3,6-9,11-12H2/t14-,16+,17-/m1/s1. The highest BCUT2D eigenvalue weighted by Crippen LogP contribution is 2.31. The Morgan fingerprint density at radius 3 is 3.00 bits per heavy atom. The molecule has 2 aliphatic heterocycles. The van der Waals surface area contributed by atoms with Gasteiger partial charge in [-0.2, -0.15) is 0 Å². The smallest absolute Gasteiger partial charge is 0.209 e. The molecular formula is C19H23FN2O3. The van der Waals surface area contributed by atoms with E-state index in [1.54, 1.807) is 24.4 Å². The molecule has 6 heteroatoms. The summed E-state index contributed by atoms with van der Waals surface area (Å²) < 4.78 is 25.3. The molecule has 0 unspecified atom stereocenters. The Labute approximate surface area is 146 Å². The molecule has 5 nitrogen and oxygen atoms in total. The Kier molecular flexibility index (Phi) is 4.83. The molecule has 0 aliphatic carbocycles. The highest BCUT2D eigenvalue weighted by Gasteiger charge is 2.37. The monoisotopic (exact) mass is 346 g/mol. The van der Waals surface area contributed by atoms with E-state index in [1.807, 2.05) is 0 Å². The number of aromatic nitrogens is 1. The molecule has 4 rings (SSSR count). The number of benzene rings is 1. The maximum absolute atomic E-state index is 13.9. The molecule has 0 bridgehead atoms. The summed E-state index contributed by atoms with van der Waals surface area (Å²) >= 11 is 0. The third kappa shape index (κ3) is 3.47. The lowest BCUT2D eigenvalue weighted by Crippen LogP contribution is -2.45. The molecule has 0 radical (unpaired) electrons. The zero-order chi connectivity index (χ0) is 17.2. The summed E-state index contributed by atoms with van der Waals surface area (Å²) in [5.74, 6) is 0.852. The quantitative estimate of drug-likeness (QED) is 0.922. The minimum Gasteiger partial charge on any atom is -0.439 e. The van der Waals surface area contributed by atoms with E-state index in [4.69, 9.17) is 9.15 Å². The van der Waals surface area contributed by atoms with Crippen molar-refractivity contribution in [3.63, 3.8) is 0 Å². The predicted molar refractivity (Wildman–Crippen MR) is 90.3 cm³/mol.